The van der Waals surface area contributed by atoms with Gasteiger partial charge in [-0.2, -0.15) is 0 Å². The lowest BCUT2D eigenvalue weighted by Crippen LogP contribution is -2.39. The smallest absolute Gasteiger partial charge is 0.410 e. The molecular formula is C15H20N2O4. The van der Waals surface area contributed by atoms with Crippen LogP contribution < -0.4 is 0 Å². The molecule has 0 radical (unpaired) electrons. The summed E-state index contributed by atoms with van der Waals surface area (Å²) in [6, 6.07) is 9.59. The molecule has 1 amide bonds. The van der Waals surface area contributed by atoms with Crippen LogP contribution in [0.25, 0.3) is 0 Å². The van der Waals surface area contributed by atoms with Crippen LogP contribution in [0.3, 0.4) is 0 Å². The lowest BCUT2D eigenvalue weighted by Gasteiger charge is -2.22. The van der Waals surface area contributed by atoms with Gasteiger partial charge in [-0.3, -0.25) is 9.69 Å². The molecule has 0 aromatic heterocycles. The minimum Gasteiger partial charge on any atom is -0.480 e. The van der Waals surface area contributed by atoms with Gasteiger partial charge in [0.1, 0.15) is 6.61 Å². The van der Waals surface area contributed by atoms with Gasteiger partial charge in [-0.25, -0.2) is 4.79 Å². The molecule has 1 fully saturated rings. The zero-order chi connectivity index (χ0) is 15.2. The number of nitrogens with zero attached hydrogens (tertiary/aromatic N) is 2. The standard InChI is InChI=1S/C15H20N2O4/c1-16(10-14(18)19)13-7-8-17(9-13)15(20)21-11-12-5-3-2-4-6-12/h2-6,13H,7-11H2,1H3,(H,18,19)/t13-/m0/s1. The first-order chi connectivity index (χ1) is 10.1. The third-order valence-corrected chi connectivity index (χ3v) is 3.63. The summed E-state index contributed by atoms with van der Waals surface area (Å²) in [4.78, 5) is 26.1. The van der Waals surface area contributed by atoms with Gasteiger partial charge in [-0.1, -0.05) is 30.3 Å². The molecule has 1 aliphatic rings. The van der Waals surface area contributed by atoms with Crippen molar-refractivity contribution in [2.75, 3.05) is 26.7 Å². The molecule has 1 saturated heterocycles. The van der Waals surface area contributed by atoms with E-state index in [9.17, 15) is 9.59 Å². The number of carboxylic acids is 1. The lowest BCUT2D eigenvalue weighted by atomic mass is 10.2. The number of hydrogen-bond acceptors (Lipinski definition) is 4. The molecule has 1 aliphatic heterocycles. The Morgan fingerprint density at radius 1 is 1.38 bits per heavy atom. The maximum atomic E-state index is 12.0. The fourth-order valence-corrected chi connectivity index (χ4v) is 2.42. The van der Waals surface area contributed by atoms with Crippen LogP contribution in [-0.4, -0.2) is 59.7 Å². The number of hydrogen-bond donors (Lipinski definition) is 1. The Labute approximate surface area is 123 Å². The average Bonchev–Trinajstić information content (AvgIpc) is 2.95. The fourth-order valence-electron chi connectivity index (χ4n) is 2.42. The Morgan fingerprint density at radius 2 is 2.10 bits per heavy atom. The van der Waals surface area contributed by atoms with Crippen molar-refractivity contribution < 1.29 is 19.4 Å². The van der Waals surface area contributed by atoms with Gasteiger partial charge >= 0.3 is 12.1 Å². The van der Waals surface area contributed by atoms with Crippen LogP contribution in [0, 0.1) is 0 Å². The fraction of sp³-hybridized carbons (Fsp3) is 0.467. The van der Waals surface area contributed by atoms with E-state index < -0.39 is 5.97 Å². The van der Waals surface area contributed by atoms with E-state index in [1.165, 1.54) is 0 Å². The second-order valence-corrected chi connectivity index (χ2v) is 5.24. The first-order valence-corrected chi connectivity index (χ1v) is 6.94. The van der Waals surface area contributed by atoms with Crippen LogP contribution in [0.4, 0.5) is 4.79 Å². The van der Waals surface area contributed by atoms with E-state index in [1.807, 2.05) is 30.3 Å². The van der Waals surface area contributed by atoms with Crippen molar-refractivity contribution in [3.05, 3.63) is 35.9 Å². The van der Waals surface area contributed by atoms with Crippen LogP contribution >= 0.6 is 0 Å². The molecule has 2 rings (SSSR count). The normalized spacial score (nSPS) is 18.0. The molecule has 1 atom stereocenters. The third kappa shape index (κ3) is 4.46. The summed E-state index contributed by atoms with van der Waals surface area (Å²) in [6.45, 7) is 1.35. The minimum absolute atomic E-state index is 0.0163. The van der Waals surface area contributed by atoms with Gasteiger partial charge in [-0.15, -0.1) is 0 Å². The Kier molecular flexibility index (Phi) is 5.16. The van der Waals surface area contributed by atoms with E-state index in [0.29, 0.717) is 13.1 Å². The summed E-state index contributed by atoms with van der Waals surface area (Å²) in [5.74, 6) is -0.859. The molecule has 0 saturated carbocycles. The quantitative estimate of drug-likeness (QED) is 0.888. The van der Waals surface area contributed by atoms with Crippen molar-refractivity contribution in [1.82, 2.24) is 9.80 Å². The SMILES string of the molecule is CN(CC(=O)O)[C@H]1CCN(C(=O)OCc2ccccc2)C1. The topological polar surface area (TPSA) is 70.1 Å². The molecule has 6 nitrogen and oxygen atoms in total. The monoisotopic (exact) mass is 292 g/mol. The van der Waals surface area contributed by atoms with Gasteiger partial charge in [-0.05, 0) is 19.0 Å². The van der Waals surface area contributed by atoms with E-state index in [-0.39, 0.29) is 25.3 Å². The number of carbonyl (C=O) groups excluding carboxylic acids is 1. The summed E-state index contributed by atoms with van der Waals surface area (Å²) in [7, 11) is 1.76. The molecule has 0 aliphatic carbocycles. The molecule has 21 heavy (non-hydrogen) atoms. The summed E-state index contributed by atoms with van der Waals surface area (Å²) in [5, 5.41) is 8.78. The predicted molar refractivity (Wildman–Crippen MR) is 76.9 cm³/mol. The van der Waals surface area contributed by atoms with E-state index in [2.05, 4.69) is 0 Å². The van der Waals surface area contributed by atoms with E-state index in [0.717, 1.165) is 12.0 Å². The summed E-state index contributed by atoms with van der Waals surface area (Å²) >= 11 is 0. The Bertz CT molecular complexity index is 492. The first-order valence-electron chi connectivity index (χ1n) is 6.94. The van der Waals surface area contributed by atoms with Gasteiger partial charge < -0.3 is 14.7 Å². The zero-order valence-corrected chi connectivity index (χ0v) is 12.1. The Balaban J connectivity index is 1.78. The first kappa shape index (κ1) is 15.3. The molecule has 1 N–H and O–H groups in total. The van der Waals surface area contributed by atoms with Crippen molar-refractivity contribution in [2.45, 2.75) is 19.1 Å². The molecule has 6 heteroatoms. The Hall–Kier alpha value is -2.08. The number of carbonyl (C=O) groups is 2. The second-order valence-electron chi connectivity index (χ2n) is 5.24. The van der Waals surface area contributed by atoms with E-state index in [1.54, 1.807) is 16.8 Å². The van der Waals surface area contributed by atoms with Crippen molar-refractivity contribution in [3.63, 3.8) is 0 Å². The molecule has 114 valence electrons. The Morgan fingerprint density at radius 3 is 2.76 bits per heavy atom. The number of amides is 1. The maximum absolute atomic E-state index is 12.0. The largest absolute Gasteiger partial charge is 0.480 e. The van der Waals surface area contributed by atoms with Gasteiger partial charge in [0.15, 0.2) is 0 Å². The number of likely N-dealkylation sites (tertiary alicyclic amines) is 1. The molecule has 0 unspecified atom stereocenters. The number of carboxylic acid groups (broad SMARTS) is 1. The van der Waals surface area contributed by atoms with Gasteiger partial charge in [0, 0.05) is 19.1 Å². The van der Waals surface area contributed by atoms with Gasteiger partial charge in [0.25, 0.3) is 0 Å². The van der Waals surface area contributed by atoms with Crippen molar-refractivity contribution >= 4 is 12.1 Å². The van der Waals surface area contributed by atoms with Gasteiger partial charge in [0.2, 0.25) is 0 Å². The average molecular weight is 292 g/mol. The number of likely N-dealkylation sites (N-methyl/N-ethyl adjacent to an activating group) is 1. The van der Waals surface area contributed by atoms with Crippen LogP contribution in [0.1, 0.15) is 12.0 Å². The summed E-state index contributed by atoms with van der Waals surface area (Å²) in [6.07, 6.45) is 0.426. The molecule has 1 aromatic carbocycles. The van der Waals surface area contributed by atoms with E-state index in [4.69, 9.17) is 9.84 Å². The van der Waals surface area contributed by atoms with Crippen molar-refractivity contribution in [2.24, 2.45) is 0 Å². The molecule has 0 spiro atoms. The molecular weight excluding hydrogens is 272 g/mol. The maximum Gasteiger partial charge on any atom is 0.410 e. The molecule has 0 bridgehead atoms. The molecule has 1 heterocycles. The minimum atomic E-state index is -0.859. The highest BCUT2D eigenvalue weighted by Crippen LogP contribution is 2.15. The van der Waals surface area contributed by atoms with Crippen molar-refractivity contribution in [1.29, 1.82) is 0 Å². The van der Waals surface area contributed by atoms with Crippen LogP contribution in [-0.2, 0) is 16.1 Å². The van der Waals surface area contributed by atoms with Crippen molar-refractivity contribution in [3.8, 4) is 0 Å². The lowest BCUT2D eigenvalue weighted by molar-refractivity contribution is -0.138. The second kappa shape index (κ2) is 7.08. The van der Waals surface area contributed by atoms with Gasteiger partial charge in [0.05, 0.1) is 6.54 Å². The number of ether oxygens (including phenoxy) is 1. The highest BCUT2D eigenvalue weighted by atomic mass is 16.6. The summed E-state index contributed by atoms with van der Waals surface area (Å²) < 4.78 is 5.27. The molecule has 1 aromatic rings. The van der Waals surface area contributed by atoms with Crippen LogP contribution in [0.5, 0.6) is 0 Å². The third-order valence-electron chi connectivity index (χ3n) is 3.63. The highest BCUT2D eigenvalue weighted by molar-refractivity contribution is 5.69. The van der Waals surface area contributed by atoms with Crippen LogP contribution in [0.15, 0.2) is 30.3 Å². The number of benzene rings is 1. The number of rotatable bonds is 5. The van der Waals surface area contributed by atoms with Crippen LogP contribution in [0.2, 0.25) is 0 Å². The number of aliphatic carboxylic acids is 1. The highest BCUT2D eigenvalue weighted by Gasteiger charge is 2.30. The zero-order valence-electron chi connectivity index (χ0n) is 12.1. The predicted octanol–water partition coefficient (Wildman–Crippen LogP) is 1.41. The van der Waals surface area contributed by atoms with E-state index >= 15 is 0 Å². The summed E-state index contributed by atoms with van der Waals surface area (Å²) in [5.41, 5.74) is 0.949.